The van der Waals surface area contributed by atoms with Crippen molar-refractivity contribution >= 4 is 53.2 Å². The molecule has 0 aliphatic carbocycles. The summed E-state index contributed by atoms with van der Waals surface area (Å²) in [7, 11) is 5.79. The molecular weight excluding hydrogens is 534 g/mol. The third-order valence-electron chi connectivity index (χ3n) is 5.89. The summed E-state index contributed by atoms with van der Waals surface area (Å²) in [4.78, 5) is 46.3. The number of nitrogens with zero attached hydrogens (tertiary/aromatic N) is 2. The molecule has 0 atom stereocenters. The van der Waals surface area contributed by atoms with Gasteiger partial charge in [0.2, 0.25) is 0 Å². The molecule has 0 saturated carbocycles. The van der Waals surface area contributed by atoms with E-state index in [9.17, 15) is 14.4 Å². The van der Waals surface area contributed by atoms with Crippen LogP contribution in [0, 0.1) is 5.41 Å². The Hall–Kier alpha value is -5.65. The van der Waals surface area contributed by atoms with Crippen LogP contribution in [0.2, 0.25) is 0 Å². The zero-order valence-corrected chi connectivity index (χ0v) is 23.7. The van der Waals surface area contributed by atoms with Gasteiger partial charge in [0.25, 0.3) is 11.8 Å². The van der Waals surface area contributed by atoms with Gasteiger partial charge >= 0.3 is 0 Å². The SMILES string of the molecule is CN(C)c1ccc(/C=C/c2ccc(C(=O)Nc3c[nH]c(C=O)c3)cn2)cc1.CNc1c[nH]c(C(=O)NCCC(=N)N)c1. The molecule has 1 aromatic carbocycles. The highest BCUT2D eigenvalue weighted by atomic mass is 16.2. The first kappa shape index (κ1) is 30.9. The van der Waals surface area contributed by atoms with Crippen LogP contribution in [0.4, 0.5) is 17.1 Å². The second-order valence-electron chi connectivity index (χ2n) is 9.29. The minimum atomic E-state index is -0.284. The van der Waals surface area contributed by atoms with Crippen LogP contribution in [0.25, 0.3) is 12.2 Å². The summed E-state index contributed by atoms with van der Waals surface area (Å²) < 4.78 is 0. The van der Waals surface area contributed by atoms with Crippen molar-refractivity contribution in [2.45, 2.75) is 6.42 Å². The lowest BCUT2D eigenvalue weighted by Crippen LogP contribution is -2.27. The first-order valence-corrected chi connectivity index (χ1v) is 13.0. The number of pyridine rings is 1. The Balaban J connectivity index is 0.000000274. The third kappa shape index (κ3) is 9.52. The van der Waals surface area contributed by atoms with Crippen LogP contribution in [0.15, 0.2) is 67.1 Å². The van der Waals surface area contributed by atoms with Gasteiger partial charge in [-0.3, -0.25) is 24.8 Å². The lowest BCUT2D eigenvalue weighted by Gasteiger charge is -2.11. The highest BCUT2D eigenvalue weighted by Crippen LogP contribution is 2.15. The van der Waals surface area contributed by atoms with Gasteiger partial charge in [-0.15, -0.1) is 0 Å². The Morgan fingerprint density at radius 1 is 1.00 bits per heavy atom. The molecule has 0 radical (unpaired) electrons. The van der Waals surface area contributed by atoms with Crippen molar-refractivity contribution in [1.29, 1.82) is 5.41 Å². The molecule has 12 heteroatoms. The normalized spacial score (nSPS) is 10.4. The first-order chi connectivity index (χ1) is 20.2. The van der Waals surface area contributed by atoms with Crippen molar-refractivity contribution in [2.75, 3.05) is 43.2 Å². The van der Waals surface area contributed by atoms with Gasteiger partial charge in [0.05, 0.1) is 34.2 Å². The van der Waals surface area contributed by atoms with Crippen LogP contribution in [-0.2, 0) is 0 Å². The van der Waals surface area contributed by atoms with Crippen LogP contribution in [0.1, 0.15) is 49.0 Å². The van der Waals surface area contributed by atoms with Gasteiger partial charge in [0.15, 0.2) is 6.29 Å². The zero-order valence-electron chi connectivity index (χ0n) is 23.7. The number of nitrogens with two attached hydrogens (primary N) is 1. The summed E-state index contributed by atoms with van der Waals surface area (Å²) in [5.74, 6) is -0.413. The van der Waals surface area contributed by atoms with Gasteiger partial charge in [-0.2, -0.15) is 0 Å². The number of amidine groups is 1. The van der Waals surface area contributed by atoms with E-state index >= 15 is 0 Å². The Kier molecular flexibility index (Phi) is 11.2. The number of anilines is 3. The largest absolute Gasteiger partial charge is 0.388 e. The topological polar surface area (TPSA) is 185 Å². The fraction of sp³-hybridized carbons (Fsp3) is 0.167. The van der Waals surface area contributed by atoms with Crippen LogP contribution < -0.4 is 26.6 Å². The molecule has 0 fully saturated rings. The lowest BCUT2D eigenvalue weighted by molar-refractivity contribution is 0.0949. The second-order valence-corrected chi connectivity index (χ2v) is 9.29. The zero-order chi connectivity index (χ0) is 30.5. The number of aromatic nitrogens is 3. The van der Waals surface area contributed by atoms with Gasteiger partial charge < -0.3 is 36.6 Å². The number of hydrogen-bond donors (Lipinski definition) is 7. The van der Waals surface area contributed by atoms with Crippen molar-refractivity contribution in [3.05, 3.63) is 95.3 Å². The molecule has 218 valence electrons. The highest BCUT2D eigenvalue weighted by molar-refractivity contribution is 6.04. The van der Waals surface area contributed by atoms with E-state index in [2.05, 4.69) is 43.0 Å². The molecule has 0 saturated heterocycles. The van der Waals surface area contributed by atoms with E-state index < -0.39 is 0 Å². The van der Waals surface area contributed by atoms with Crippen LogP contribution >= 0.6 is 0 Å². The Morgan fingerprint density at radius 3 is 2.31 bits per heavy atom. The van der Waals surface area contributed by atoms with Gasteiger partial charge in [-0.25, -0.2) is 0 Å². The number of hydrogen-bond acceptors (Lipinski definition) is 7. The molecule has 0 aliphatic rings. The second kappa shape index (κ2) is 15.2. The molecule has 0 spiro atoms. The maximum atomic E-state index is 12.2. The Bertz CT molecular complexity index is 1520. The van der Waals surface area contributed by atoms with E-state index in [1.165, 1.54) is 6.20 Å². The molecule has 0 aliphatic heterocycles. The number of amides is 2. The van der Waals surface area contributed by atoms with Crippen LogP contribution in [0.5, 0.6) is 0 Å². The molecule has 3 aromatic heterocycles. The van der Waals surface area contributed by atoms with E-state index in [0.717, 1.165) is 22.6 Å². The fourth-order valence-corrected chi connectivity index (χ4v) is 3.53. The minimum absolute atomic E-state index is 0.0673. The van der Waals surface area contributed by atoms with Crippen molar-refractivity contribution < 1.29 is 14.4 Å². The minimum Gasteiger partial charge on any atom is -0.388 e. The van der Waals surface area contributed by atoms with E-state index in [4.69, 9.17) is 11.1 Å². The highest BCUT2D eigenvalue weighted by Gasteiger charge is 2.08. The first-order valence-electron chi connectivity index (χ1n) is 13.0. The number of H-pyrrole nitrogens is 2. The molecule has 3 heterocycles. The van der Waals surface area contributed by atoms with Crippen molar-refractivity contribution in [2.24, 2.45) is 5.73 Å². The molecule has 4 rings (SSSR count). The number of aromatic amines is 2. The number of carbonyl (C=O) groups is 3. The molecular formula is C30H35N9O3. The van der Waals surface area contributed by atoms with Crippen molar-refractivity contribution in [1.82, 2.24) is 20.3 Å². The maximum absolute atomic E-state index is 12.2. The van der Waals surface area contributed by atoms with Crippen molar-refractivity contribution in [3.63, 3.8) is 0 Å². The average molecular weight is 570 g/mol. The van der Waals surface area contributed by atoms with E-state index in [1.54, 1.807) is 43.7 Å². The number of benzene rings is 1. The number of carbonyl (C=O) groups excluding carboxylic acids is 3. The summed E-state index contributed by atoms with van der Waals surface area (Å²) in [6.45, 7) is 0.377. The standard InChI is InChI=1S/C21H20N4O2.C9H15N5O/c1-25(2)20-9-4-15(5-10-20)3-7-17-8-6-16(12-22-17)21(27)24-18-11-19(14-26)23-13-18;1-12-6-4-7(14-5-6)9(15)13-3-2-8(10)11/h3-14,23H,1-2H3,(H,24,27);4-5,12,14H,2-3H2,1H3,(H3,10,11)(H,13,15)/b7-3+;. The third-order valence-corrected chi connectivity index (χ3v) is 5.89. The molecule has 0 bridgehead atoms. The maximum Gasteiger partial charge on any atom is 0.267 e. The number of nitrogens with one attached hydrogen (secondary N) is 6. The Labute approximate surface area is 243 Å². The molecule has 8 N–H and O–H groups in total. The molecule has 12 nitrogen and oxygen atoms in total. The van der Waals surface area contributed by atoms with Crippen molar-refractivity contribution in [3.8, 4) is 0 Å². The molecule has 2 amide bonds. The summed E-state index contributed by atoms with van der Waals surface area (Å²) in [6, 6.07) is 15.0. The van der Waals surface area contributed by atoms with Crippen LogP contribution in [-0.4, -0.2) is 66.6 Å². The average Bonchev–Trinajstić information content (AvgIpc) is 3.66. The quantitative estimate of drug-likeness (QED) is 0.0813. The lowest BCUT2D eigenvalue weighted by atomic mass is 10.1. The van der Waals surface area contributed by atoms with Gasteiger partial charge in [-0.1, -0.05) is 18.2 Å². The summed E-state index contributed by atoms with van der Waals surface area (Å²) >= 11 is 0. The predicted molar refractivity (Wildman–Crippen MR) is 167 cm³/mol. The summed E-state index contributed by atoms with van der Waals surface area (Å²) in [6.07, 6.45) is 9.72. The van der Waals surface area contributed by atoms with Gasteiger partial charge in [0.1, 0.15) is 5.69 Å². The number of rotatable bonds is 11. The molecule has 4 aromatic rings. The predicted octanol–water partition coefficient (Wildman–Crippen LogP) is 3.82. The van der Waals surface area contributed by atoms with Gasteiger partial charge in [-0.05, 0) is 48.0 Å². The van der Waals surface area contributed by atoms with Crippen LogP contribution in [0.3, 0.4) is 0 Å². The molecule has 42 heavy (non-hydrogen) atoms. The van der Waals surface area contributed by atoms with Gasteiger partial charge in [0, 0.05) is 58.4 Å². The molecule has 0 unspecified atom stereocenters. The summed E-state index contributed by atoms with van der Waals surface area (Å²) in [5.41, 5.74) is 10.9. The van der Waals surface area contributed by atoms with E-state index in [0.29, 0.717) is 41.9 Å². The fourth-order valence-electron chi connectivity index (χ4n) is 3.53. The summed E-state index contributed by atoms with van der Waals surface area (Å²) in [5, 5.41) is 15.3. The Morgan fingerprint density at radius 2 is 1.74 bits per heavy atom. The van der Waals surface area contributed by atoms with E-state index in [-0.39, 0.29) is 17.6 Å². The number of aldehydes is 1. The smallest absolute Gasteiger partial charge is 0.267 e. The monoisotopic (exact) mass is 569 g/mol. The van der Waals surface area contributed by atoms with E-state index in [1.807, 2.05) is 43.3 Å².